The molecule has 0 saturated carbocycles. The highest BCUT2D eigenvalue weighted by atomic mass is 32.2. The Hall–Kier alpha value is -3.52. The fourth-order valence-electron chi connectivity index (χ4n) is 6.75. The lowest BCUT2D eigenvalue weighted by atomic mass is 9.94. The van der Waals surface area contributed by atoms with Crippen molar-refractivity contribution in [2.45, 2.75) is 69.2 Å². The Morgan fingerprint density at radius 3 is 2.47 bits per heavy atom. The van der Waals surface area contributed by atoms with Crippen LogP contribution in [0.1, 0.15) is 51.9 Å². The maximum Gasteiger partial charge on any atom is 0.315 e. The fraction of sp³-hybridized carbons (Fsp3) is 0.667. The molecular formula is C33H48N6O7S. The van der Waals surface area contributed by atoms with E-state index in [0.29, 0.717) is 77.1 Å². The van der Waals surface area contributed by atoms with E-state index in [1.54, 1.807) is 9.80 Å². The van der Waals surface area contributed by atoms with Crippen LogP contribution in [0.3, 0.4) is 0 Å². The third kappa shape index (κ3) is 9.53. The summed E-state index contributed by atoms with van der Waals surface area (Å²) in [4.78, 5) is 65.7. The SMILES string of the molecule is CCOc1ccc(N2CC(C(=O)N3CCC(C(=O)NCCOCCNC(=O)CCCC[C@@H]4SC[C@@H]5NC(=O)N[C@@H]54)CC3)CC2=O)cc1. The van der Waals surface area contributed by atoms with Gasteiger partial charge in [0.25, 0.3) is 0 Å². The molecule has 4 N–H and O–H groups in total. The standard InChI is InChI=1S/C33H48N6O7S/c1-2-46-25-9-7-24(8-10-25)39-20-23(19-29(39)41)32(43)38-15-11-22(12-16-38)31(42)35-14-18-45-17-13-34-28(40)6-4-3-5-27-30-26(21-47-27)36-33(44)37-30/h7-10,22-23,26-27,30H,2-6,11-21H2,1H3,(H,34,40)(H,35,42)(H2,36,37,44)/t23?,26-,27-,30-/m0/s1. The van der Waals surface area contributed by atoms with Crippen molar-refractivity contribution in [2.24, 2.45) is 11.8 Å². The van der Waals surface area contributed by atoms with Gasteiger partial charge in [-0.25, -0.2) is 4.79 Å². The van der Waals surface area contributed by atoms with Crippen LogP contribution in [0, 0.1) is 11.8 Å². The smallest absolute Gasteiger partial charge is 0.315 e. The molecule has 14 heteroatoms. The first-order valence-corrected chi connectivity index (χ1v) is 18.0. The predicted octanol–water partition coefficient (Wildman–Crippen LogP) is 1.65. The van der Waals surface area contributed by atoms with E-state index in [-0.39, 0.29) is 60.0 Å². The van der Waals surface area contributed by atoms with E-state index in [2.05, 4.69) is 21.3 Å². The lowest BCUT2D eigenvalue weighted by molar-refractivity contribution is -0.139. The first kappa shape index (κ1) is 34.8. The molecule has 6 amide bonds. The number of carbonyl (C=O) groups excluding carboxylic acids is 5. The van der Waals surface area contributed by atoms with Crippen LogP contribution < -0.4 is 30.9 Å². The molecule has 47 heavy (non-hydrogen) atoms. The van der Waals surface area contributed by atoms with Crippen molar-refractivity contribution in [3.8, 4) is 5.75 Å². The zero-order valence-corrected chi connectivity index (χ0v) is 28.0. The van der Waals surface area contributed by atoms with Crippen molar-refractivity contribution in [3.05, 3.63) is 24.3 Å². The molecule has 0 aromatic heterocycles. The van der Waals surface area contributed by atoms with Gasteiger partial charge < -0.3 is 40.5 Å². The number of fused-ring (bicyclic) bond motifs is 1. The van der Waals surface area contributed by atoms with Gasteiger partial charge in [-0.05, 0) is 56.9 Å². The quantitative estimate of drug-likeness (QED) is 0.153. The van der Waals surface area contributed by atoms with E-state index in [9.17, 15) is 24.0 Å². The van der Waals surface area contributed by atoms with E-state index in [1.165, 1.54) is 0 Å². The summed E-state index contributed by atoms with van der Waals surface area (Å²) in [5, 5.41) is 12.2. The molecule has 4 aliphatic rings. The van der Waals surface area contributed by atoms with Gasteiger partial charge in [0.2, 0.25) is 23.6 Å². The minimum Gasteiger partial charge on any atom is -0.494 e. The van der Waals surface area contributed by atoms with Crippen LogP contribution in [0.5, 0.6) is 5.75 Å². The number of rotatable bonds is 16. The highest BCUT2D eigenvalue weighted by molar-refractivity contribution is 8.00. The number of urea groups is 1. The predicted molar refractivity (Wildman–Crippen MR) is 178 cm³/mol. The number of hydrogen-bond acceptors (Lipinski definition) is 8. The molecule has 258 valence electrons. The average Bonchev–Trinajstić information content (AvgIpc) is 3.76. The number of amides is 6. The molecule has 1 aromatic rings. The van der Waals surface area contributed by atoms with E-state index in [0.717, 1.165) is 36.5 Å². The average molecular weight is 673 g/mol. The van der Waals surface area contributed by atoms with Gasteiger partial charge in [0.15, 0.2) is 0 Å². The Bertz CT molecular complexity index is 1260. The number of unbranched alkanes of at least 4 members (excludes halogenated alkanes) is 1. The maximum absolute atomic E-state index is 13.2. The molecule has 5 rings (SSSR count). The third-order valence-electron chi connectivity index (χ3n) is 9.31. The maximum atomic E-state index is 13.2. The lowest BCUT2D eigenvalue weighted by Crippen LogP contribution is -2.45. The molecule has 4 heterocycles. The molecule has 1 unspecified atom stereocenters. The number of likely N-dealkylation sites (tertiary alicyclic amines) is 1. The summed E-state index contributed by atoms with van der Waals surface area (Å²) >= 11 is 1.89. The number of carbonyl (C=O) groups is 5. The first-order chi connectivity index (χ1) is 22.8. The minimum absolute atomic E-state index is 0.00371. The largest absolute Gasteiger partial charge is 0.494 e. The first-order valence-electron chi connectivity index (χ1n) is 16.9. The van der Waals surface area contributed by atoms with Crippen LogP contribution in [-0.4, -0.2) is 110 Å². The van der Waals surface area contributed by atoms with E-state index >= 15 is 0 Å². The van der Waals surface area contributed by atoms with E-state index < -0.39 is 0 Å². The normalized spacial score (nSPS) is 24.1. The molecule has 0 radical (unpaired) electrons. The number of benzene rings is 1. The summed E-state index contributed by atoms with van der Waals surface area (Å²) in [7, 11) is 0. The molecule has 4 atom stereocenters. The zero-order valence-electron chi connectivity index (χ0n) is 27.2. The second-order valence-electron chi connectivity index (χ2n) is 12.6. The molecular weight excluding hydrogens is 624 g/mol. The minimum atomic E-state index is -0.383. The van der Waals surface area contributed by atoms with Gasteiger partial charge in [0, 0.05) is 68.2 Å². The number of nitrogens with zero attached hydrogens (tertiary/aromatic N) is 2. The monoisotopic (exact) mass is 672 g/mol. The lowest BCUT2D eigenvalue weighted by Gasteiger charge is -2.33. The Balaban J connectivity index is 0.874. The van der Waals surface area contributed by atoms with Crippen LogP contribution in [0.2, 0.25) is 0 Å². The van der Waals surface area contributed by atoms with Crippen LogP contribution in [0.4, 0.5) is 10.5 Å². The molecule has 0 aliphatic carbocycles. The van der Waals surface area contributed by atoms with Gasteiger partial charge in [0.05, 0.1) is 37.8 Å². The summed E-state index contributed by atoms with van der Waals surface area (Å²) in [5.74, 6) is 1.02. The fourth-order valence-corrected chi connectivity index (χ4v) is 8.29. The number of ether oxygens (including phenoxy) is 2. The van der Waals surface area contributed by atoms with Crippen LogP contribution in [0.15, 0.2) is 24.3 Å². The number of piperidine rings is 1. The van der Waals surface area contributed by atoms with Gasteiger partial charge in [-0.15, -0.1) is 0 Å². The van der Waals surface area contributed by atoms with Crippen molar-refractivity contribution < 1.29 is 33.4 Å². The van der Waals surface area contributed by atoms with Gasteiger partial charge in [-0.1, -0.05) is 6.42 Å². The molecule has 4 saturated heterocycles. The Morgan fingerprint density at radius 1 is 0.979 bits per heavy atom. The van der Waals surface area contributed by atoms with Crippen molar-refractivity contribution in [1.29, 1.82) is 0 Å². The zero-order chi connectivity index (χ0) is 33.2. The summed E-state index contributed by atoms with van der Waals surface area (Å²) in [6, 6.07) is 7.70. The van der Waals surface area contributed by atoms with Crippen molar-refractivity contribution in [1.82, 2.24) is 26.2 Å². The molecule has 0 spiro atoms. The van der Waals surface area contributed by atoms with Crippen LogP contribution >= 0.6 is 11.8 Å². The molecule has 4 fully saturated rings. The molecule has 1 aromatic carbocycles. The number of hydrogen-bond donors (Lipinski definition) is 4. The molecule has 13 nitrogen and oxygen atoms in total. The number of anilines is 1. The topological polar surface area (TPSA) is 158 Å². The van der Waals surface area contributed by atoms with E-state index in [1.807, 2.05) is 43.0 Å². The summed E-state index contributed by atoms with van der Waals surface area (Å²) in [6.45, 7) is 5.37. The van der Waals surface area contributed by atoms with Crippen LogP contribution in [0.25, 0.3) is 0 Å². The second-order valence-corrected chi connectivity index (χ2v) is 13.8. The third-order valence-corrected chi connectivity index (χ3v) is 10.8. The Morgan fingerprint density at radius 2 is 1.72 bits per heavy atom. The van der Waals surface area contributed by atoms with Gasteiger partial charge in [0.1, 0.15) is 5.75 Å². The van der Waals surface area contributed by atoms with Crippen molar-refractivity contribution in [2.75, 3.05) is 63.2 Å². The van der Waals surface area contributed by atoms with Gasteiger partial charge in [-0.3, -0.25) is 19.2 Å². The summed E-state index contributed by atoms with van der Waals surface area (Å²) in [5.41, 5.74) is 0.761. The molecule has 4 aliphatic heterocycles. The van der Waals surface area contributed by atoms with Crippen LogP contribution in [-0.2, 0) is 23.9 Å². The van der Waals surface area contributed by atoms with E-state index in [4.69, 9.17) is 9.47 Å². The highest BCUT2D eigenvalue weighted by Gasteiger charge is 2.42. The van der Waals surface area contributed by atoms with Gasteiger partial charge in [-0.2, -0.15) is 11.8 Å². The Labute approximate surface area is 280 Å². The molecule has 0 bridgehead atoms. The highest BCUT2D eigenvalue weighted by Crippen LogP contribution is 2.33. The number of thioether (sulfide) groups is 1. The van der Waals surface area contributed by atoms with Gasteiger partial charge >= 0.3 is 6.03 Å². The summed E-state index contributed by atoms with van der Waals surface area (Å²) in [6.07, 6.45) is 4.58. The van der Waals surface area contributed by atoms with Crippen molar-refractivity contribution >= 4 is 47.1 Å². The Kier molecular flexibility index (Phi) is 12.6. The number of nitrogens with one attached hydrogen (secondary N) is 4. The second kappa shape index (κ2) is 17.0. The summed E-state index contributed by atoms with van der Waals surface area (Å²) < 4.78 is 11.0. The van der Waals surface area contributed by atoms with Crippen molar-refractivity contribution in [3.63, 3.8) is 0 Å².